The minimum Gasteiger partial charge on any atom is -0.489 e. The third kappa shape index (κ3) is 4.88. The van der Waals surface area contributed by atoms with Gasteiger partial charge in [-0.2, -0.15) is 0 Å². The van der Waals surface area contributed by atoms with Crippen molar-refractivity contribution in [2.45, 2.75) is 13.0 Å². The van der Waals surface area contributed by atoms with Crippen LogP contribution in [0.2, 0.25) is 0 Å². The second-order valence-electron chi connectivity index (χ2n) is 7.75. The molecule has 1 fully saturated rings. The highest BCUT2D eigenvalue weighted by Gasteiger charge is 2.18. The molecule has 1 aromatic heterocycles. The molecule has 0 aliphatic carbocycles. The van der Waals surface area contributed by atoms with Gasteiger partial charge in [-0.1, -0.05) is 24.3 Å². The van der Waals surface area contributed by atoms with Crippen molar-refractivity contribution in [1.29, 1.82) is 0 Å². The van der Waals surface area contributed by atoms with E-state index in [1.807, 2.05) is 24.3 Å². The molecule has 7 nitrogen and oxygen atoms in total. The van der Waals surface area contributed by atoms with Crippen molar-refractivity contribution >= 4 is 5.95 Å². The van der Waals surface area contributed by atoms with Crippen LogP contribution in [0.4, 0.5) is 5.95 Å². The summed E-state index contributed by atoms with van der Waals surface area (Å²) in [5.41, 5.74) is 2.50. The van der Waals surface area contributed by atoms with Gasteiger partial charge in [-0.3, -0.25) is 4.90 Å². The molecule has 0 unspecified atom stereocenters. The molecule has 2 aliphatic rings. The molecular formula is C24H26N4O3. The van der Waals surface area contributed by atoms with Crippen LogP contribution in [0.3, 0.4) is 0 Å². The third-order valence-corrected chi connectivity index (χ3v) is 5.70. The number of nitrogens with zero attached hydrogens (tertiary/aromatic N) is 4. The van der Waals surface area contributed by atoms with Crippen LogP contribution in [-0.4, -0.2) is 54.4 Å². The Labute approximate surface area is 182 Å². The Hall–Kier alpha value is -3.32. The average molecular weight is 418 g/mol. The number of hydrogen-bond acceptors (Lipinski definition) is 7. The lowest BCUT2D eigenvalue weighted by atomic mass is 10.1. The van der Waals surface area contributed by atoms with Gasteiger partial charge in [0.2, 0.25) is 12.7 Å². The maximum atomic E-state index is 5.90. The summed E-state index contributed by atoms with van der Waals surface area (Å²) in [5.74, 6) is 3.13. The quantitative estimate of drug-likeness (QED) is 0.584. The second-order valence-corrected chi connectivity index (χ2v) is 7.75. The van der Waals surface area contributed by atoms with Crippen LogP contribution in [0.5, 0.6) is 17.2 Å². The van der Waals surface area contributed by atoms with Crippen molar-refractivity contribution in [1.82, 2.24) is 14.9 Å². The smallest absolute Gasteiger partial charge is 0.231 e. The van der Waals surface area contributed by atoms with Gasteiger partial charge in [0.15, 0.2) is 11.5 Å². The normalized spacial score (nSPS) is 15.8. The Kier molecular flexibility index (Phi) is 5.84. The van der Waals surface area contributed by atoms with Crippen molar-refractivity contribution in [2.24, 2.45) is 0 Å². The summed E-state index contributed by atoms with van der Waals surface area (Å²) in [6, 6.07) is 16.2. The maximum absolute atomic E-state index is 5.90. The molecule has 31 heavy (non-hydrogen) atoms. The van der Waals surface area contributed by atoms with Gasteiger partial charge in [0.25, 0.3) is 0 Å². The highest BCUT2D eigenvalue weighted by molar-refractivity contribution is 5.47. The summed E-state index contributed by atoms with van der Waals surface area (Å²) in [6.07, 6.45) is 4.65. The fourth-order valence-electron chi connectivity index (χ4n) is 3.85. The number of aromatic nitrogens is 2. The average Bonchev–Trinajstić information content (AvgIpc) is 3.31. The highest BCUT2D eigenvalue weighted by atomic mass is 16.7. The zero-order valence-electron chi connectivity index (χ0n) is 17.4. The summed E-state index contributed by atoms with van der Waals surface area (Å²) < 4.78 is 16.6. The van der Waals surface area contributed by atoms with E-state index in [1.165, 1.54) is 5.56 Å². The van der Waals surface area contributed by atoms with E-state index in [-0.39, 0.29) is 6.79 Å². The van der Waals surface area contributed by atoms with E-state index in [0.29, 0.717) is 6.61 Å². The van der Waals surface area contributed by atoms with Gasteiger partial charge < -0.3 is 19.1 Å². The zero-order chi connectivity index (χ0) is 20.9. The van der Waals surface area contributed by atoms with Crippen LogP contribution in [0.25, 0.3) is 0 Å². The number of fused-ring (bicyclic) bond motifs is 1. The Morgan fingerprint density at radius 2 is 1.58 bits per heavy atom. The first-order valence-electron chi connectivity index (χ1n) is 10.7. The lowest BCUT2D eigenvalue weighted by Crippen LogP contribution is -2.47. The molecule has 1 saturated heterocycles. The van der Waals surface area contributed by atoms with Crippen molar-refractivity contribution in [3.63, 3.8) is 0 Å². The minimum atomic E-state index is 0.275. The van der Waals surface area contributed by atoms with Gasteiger partial charge in [-0.25, -0.2) is 9.97 Å². The van der Waals surface area contributed by atoms with E-state index in [4.69, 9.17) is 14.2 Å². The van der Waals surface area contributed by atoms with E-state index >= 15 is 0 Å². The Morgan fingerprint density at radius 3 is 2.39 bits per heavy atom. The van der Waals surface area contributed by atoms with E-state index in [1.54, 1.807) is 12.4 Å². The van der Waals surface area contributed by atoms with Crippen molar-refractivity contribution in [3.8, 4) is 17.2 Å². The van der Waals surface area contributed by atoms with Crippen molar-refractivity contribution in [3.05, 3.63) is 72.1 Å². The van der Waals surface area contributed by atoms with Crippen molar-refractivity contribution in [2.75, 3.05) is 44.4 Å². The first-order chi connectivity index (χ1) is 15.3. The standard InChI is InChI=1S/C24H26N4O3/c1-9-25-24(26-10-1)28-14-12-27(13-15-28)11-8-19-2-4-20(5-3-19)17-29-21-6-7-22-23(16-21)31-18-30-22/h1-7,9-10,16H,8,11-15,17-18H2. The van der Waals surface area contributed by atoms with Crippen molar-refractivity contribution < 1.29 is 14.2 Å². The third-order valence-electron chi connectivity index (χ3n) is 5.70. The number of ether oxygens (including phenoxy) is 3. The van der Waals surface area contributed by atoms with E-state index in [2.05, 4.69) is 44.0 Å². The molecule has 160 valence electrons. The fraction of sp³-hybridized carbons (Fsp3) is 0.333. The zero-order valence-corrected chi connectivity index (χ0v) is 17.4. The molecular weight excluding hydrogens is 392 g/mol. The van der Waals surface area contributed by atoms with Gasteiger partial charge in [0, 0.05) is 51.2 Å². The number of hydrogen-bond donors (Lipinski definition) is 0. The van der Waals surface area contributed by atoms with Gasteiger partial charge in [-0.15, -0.1) is 0 Å². The van der Waals surface area contributed by atoms with Gasteiger partial charge in [0.05, 0.1) is 0 Å². The van der Waals surface area contributed by atoms with Crippen LogP contribution in [-0.2, 0) is 13.0 Å². The predicted molar refractivity (Wildman–Crippen MR) is 118 cm³/mol. The summed E-state index contributed by atoms with van der Waals surface area (Å²) in [5, 5.41) is 0. The molecule has 0 atom stereocenters. The lowest BCUT2D eigenvalue weighted by Gasteiger charge is -2.34. The van der Waals surface area contributed by atoms with E-state index in [0.717, 1.165) is 67.9 Å². The van der Waals surface area contributed by atoms with Gasteiger partial charge in [0.1, 0.15) is 12.4 Å². The molecule has 0 bridgehead atoms. The first kappa shape index (κ1) is 19.6. The number of rotatable bonds is 7. The monoisotopic (exact) mass is 418 g/mol. The molecule has 0 saturated carbocycles. The van der Waals surface area contributed by atoms with Crippen LogP contribution < -0.4 is 19.1 Å². The number of anilines is 1. The van der Waals surface area contributed by atoms with Gasteiger partial charge >= 0.3 is 0 Å². The Bertz CT molecular complexity index is 989. The Morgan fingerprint density at radius 1 is 0.839 bits per heavy atom. The van der Waals surface area contributed by atoms with E-state index in [9.17, 15) is 0 Å². The highest BCUT2D eigenvalue weighted by Crippen LogP contribution is 2.35. The van der Waals surface area contributed by atoms with E-state index < -0.39 is 0 Å². The summed E-state index contributed by atoms with van der Waals surface area (Å²) >= 11 is 0. The Balaban J connectivity index is 1.06. The molecule has 0 amide bonds. The molecule has 0 spiro atoms. The number of piperazine rings is 1. The molecule has 0 radical (unpaired) electrons. The molecule has 3 aromatic rings. The molecule has 7 heteroatoms. The summed E-state index contributed by atoms with van der Waals surface area (Å²) in [4.78, 5) is 13.5. The summed E-state index contributed by atoms with van der Waals surface area (Å²) in [6.45, 7) is 5.90. The maximum Gasteiger partial charge on any atom is 0.231 e. The molecule has 2 aliphatic heterocycles. The topological polar surface area (TPSA) is 60.0 Å². The molecule has 0 N–H and O–H groups in total. The number of benzene rings is 2. The lowest BCUT2D eigenvalue weighted by molar-refractivity contribution is 0.173. The van der Waals surface area contributed by atoms with Crippen LogP contribution in [0.1, 0.15) is 11.1 Å². The molecule has 3 heterocycles. The largest absolute Gasteiger partial charge is 0.489 e. The molecule has 2 aromatic carbocycles. The predicted octanol–water partition coefficient (Wildman–Crippen LogP) is 3.15. The SMILES string of the molecule is c1cnc(N2CCN(CCc3ccc(COc4ccc5c(c4)OCO5)cc3)CC2)nc1. The van der Waals surface area contributed by atoms with Crippen LogP contribution in [0, 0.1) is 0 Å². The fourth-order valence-corrected chi connectivity index (χ4v) is 3.85. The molecule has 5 rings (SSSR count). The first-order valence-corrected chi connectivity index (χ1v) is 10.7. The summed E-state index contributed by atoms with van der Waals surface area (Å²) in [7, 11) is 0. The van der Waals surface area contributed by atoms with Crippen LogP contribution >= 0.6 is 0 Å². The minimum absolute atomic E-state index is 0.275. The van der Waals surface area contributed by atoms with Gasteiger partial charge in [-0.05, 0) is 35.7 Å². The van der Waals surface area contributed by atoms with Crippen LogP contribution in [0.15, 0.2) is 60.9 Å². The second kappa shape index (κ2) is 9.22.